The van der Waals surface area contributed by atoms with Crippen molar-refractivity contribution in [3.05, 3.63) is 0 Å². The lowest BCUT2D eigenvalue weighted by molar-refractivity contribution is 0.263. The van der Waals surface area contributed by atoms with E-state index in [0.717, 1.165) is 17.9 Å². The number of nitrogens with one attached hydrogen (secondary N) is 1. The first-order valence-electron chi connectivity index (χ1n) is 6.93. The maximum atomic E-state index is 3.45. The molecule has 0 bridgehead atoms. The van der Waals surface area contributed by atoms with Gasteiger partial charge in [-0.05, 0) is 38.1 Å². The molecule has 0 amide bonds. The standard InChI is InChI=1S/C14H29N/c1-4-5-14(15-3)11-10-13-8-6-12(2)7-9-13/h12-15H,4-11H2,1-3H3. The number of hydrogen-bond donors (Lipinski definition) is 1. The Morgan fingerprint density at radius 3 is 2.33 bits per heavy atom. The average molecular weight is 211 g/mol. The van der Waals surface area contributed by atoms with Gasteiger partial charge in [0.25, 0.3) is 0 Å². The topological polar surface area (TPSA) is 12.0 Å². The first-order chi connectivity index (χ1) is 7.26. The summed E-state index contributed by atoms with van der Waals surface area (Å²) in [5, 5.41) is 3.45. The van der Waals surface area contributed by atoms with Crippen molar-refractivity contribution < 1.29 is 0 Å². The fourth-order valence-electron chi connectivity index (χ4n) is 2.84. The van der Waals surface area contributed by atoms with Crippen molar-refractivity contribution in [2.75, 3.05) is 7.05 Å². The van der Waals surface area contributed by atoms with Crippen molar-refractivity contribution in [3.8, 4) is 0 Å². The van der Waals surface area contributed by atoms with E-state index in [1.54, 1.807) is 0 Å². The van der Waals surface area contributed by atoms with Crippen LogP contribution in [0.5, 0.6) is 0 Å². The molecule has 1 fully saturated rings. The normalized spacial score (nSPS) is 29.0. The predicted octanol–water partition coefficient (Wildman–Crippen LogP) is 3.98. The van der Waals surface area contributed by atoms with Crippen LogP contribution in [0.2, 0.25) is 0 Å². The maximum Gasteiger partial charge on any atom is 0.00640 e. The van der Waals surface area contributed by atoms with Gasteiger partial charge in [-0.3, -0.25) is 0 Å². The van der Waals surface area contributed by atoms with E-state index < -0.39 is 0 Å². The Balaban J connectivity index is 2.12. The monoisotopic (exact) mass is 211 g/mol. The largest absolute Gasteiger partial charge is 0.317 e. The average Bonchev–Trinajstić information content (AvgIpc) is 2.26. The summed E-state index contributed by atoms with van der Waals surface area (Å²) in [5.74, 6) is 2.03. The molecule has 15 heavy (non-hydrogen) atoms. The van der Waals surface area contributed by atoms with Crippen molar-refractivity contribution in [2.24, 2.45) is 11.8 Å². The molecular weight excluding hydrogens is 182 g/mol. The minimum atomic E-state index is 0.773. The molecule has 0 spiro atoms. The van der Waals surface area contributed by atoms with E-state index in [0.29, 0.717) is 0 Å². The Kier molecular flexibility index (Phi) is 6.31. The third-order valence-corrected chi connectivity index (χ3v) is 4.10. The lowest BCUT2D eigenvalue weighted by Gasteiger charge is -2.27. The summed E-state index contributed by atoms with van der Waals surface area (Å²) >= 11 is 0. The van der Waals surface area contributed by atoms with Crippen LogP contribution in [0.3, 0.4) is 0 Å². The summed E-state index contributed by atoms with van der Waals surface area (Å²) in [5.41, 5.74) is 0. The van der Waals surface area contributed by atoms with Crippen molar-refractivity contribution in [1.29, 1.82) is 0 Å². The second-order valence-corrected chi connectivity index (χ2v) is 5.48. The fourth-order valence-corrected chi connectivity index (χ4v) is 2.84. The van der Waals surface area contributed by atoms with Crippen molar-refractivity contribution >= 4 is 0 Å². The third kappa shape index (κ3) is 5.01. The molecular formula is C14H29N. The van der Waals surface area contributed by atoms with E-state index in [-0.39, 0.29) is 0 Å². The first kappa shape index (κ1) is 13.0. The molecule has 1 aliphatic carbocycles. The molecule has 1 N–H and O–H groups in total. The minimum Gasteiger partial charge on any atom is -0.317 e. The molecule has 0 saturated heterocycles. The molecule has 1 heteroatoms. The molecule has 90 valence electrons. The molecule has 0 heterocycles. The molecule has 0 aromatic carbocycles. The summed E-state index contributed by atoms with van der Waals surface area (Å²) in [4.78, 5) is 0. The Morgan fingerprint density at radius 2 is 1.80 bits per heavy atom. The van der Waals surface area contributed by atoms with Crippen molar-refractivity contribution in [2.45, 2.75) is 71.3 Å². The zero-order valence-corrected chi connectivity index (χ0v) is 10.9. The predicted molar refractivity (Wildman–Crippen MR) is 68.1 cm³/mol. The van der Waals surface area contributed by atoms with E-state index in [1.807, 2.05) is 0 Å². The highest BCUT2D eigenvalue weighted by Crippen LogP contribution is 2.31. The van der Waals surface area contributed by atoms with Crippen LogP contribution in [0.25, 0.3) is 0 Å². The van der Waals surface area contributed by atoms with Crippen LogP contribution >= 0.6 is 0 Å². The van der Waals surface area contributed by atoms with Gasteiger partial charge >= 0.3 is 0 Å². The van der Waals surface area contributed by atoms with E-state index in [1.165, 1.54) is 51.4 Å². The van der Waals surface area contributed by atoms with Gasteiger partial charge in [0.1, 0.15) is 0 Å². The van der Waals surface area contributed by atoms with Crippen LogP contribution in [-0.4, -0.2) is 13.1 Å². The second kappa shape index (κ2) is 7.27. The molecule has 1 unspecified atom stereocenters. The third-order valence-electron chi connectivity index (χ3n) is 4.10. The molecule has 0 radical (unpaired) electrons. The molecule has 1 saturated carbocycles. The highest BCUT2D eigenvalue weighted by atomic mass is 14.9. The van der Waals surface area contributed by atoms with Gasteiger partial charge in [-0.15, -0.1) is 0 Å². The van der Waals surface area contributed by atoms with Gasteiger partial charge < -0.3 is 5.32 Å². The smallest absolute Gasteiger partial charge is 0.00640 e. The van der Waals surface area contributed by atoms with Crippen molar-refractivity contribution in [1.82, 2.24) is 5.32 Å². The van der Waals surface area contributed by atoms with Crippen LogP contribution in [-0.2, 0) is 0 Å². The van der Waals surface area contributed by atoms with Gasteiger partial charge in [0.2, 0.25) is 0 Å². The van der Waals surface area contributed by atoms with Gasteiger partial charge in [0, 0.05) is 6.04 Å². The van der Waals surface area contributed by atoms with Gasteiger partial charge in [-0.1, -0.05) is 46.0 Å². The van der Waals surface area contributed by atoms with Gasteiger partial charge in [-0.25, -0.2) is 0 Å². The minimum absolute atomic E-state index is 0.773. The van der Waals surface area contributed by atoms with E-state index >= 15 is 0 Å². The van der Waals surface area contributed by atoms with E-state index in [9.17, 15) is 0 Å². The zero-order valence-electron chi connectivity index (χ0n) is 10.9. The molecule has 1 aliphatic rings. The summed E-state index contributed by atoms with van der Waals surface area (Å²) < 4.78 is 0. The molecule has 0 aromatic heterocycles. The highest BCUT2D eigenvalue weighted by molar-refractivity contribution is 4.73. The molecule has 0 aliphatic heterocycles. The highest BCUT2D eigenvalue weighted by Gasteiger charge is 2.18. The van der Waals surface area contributed by atoms with Gasteiger partial charge in [-0.2, -0.15) is 0 Å². The van der Waals surface area contributed by atoms with Crippen LogP contribution in [0.4, 0.5) is 0 Å². The van der Waals surface area contributed by atoms with Crippen LogP contribution in [0.15, 0.2) is 0 Å². The van der Waals surface area contributed by atoms with Crippen LogP contribution in [0, 0.1) is 11.8 Å². The zero-order chi connectivity index (χ0) is 11.1. The molecule has 0 aromatic rings. The Morgan fingerprint density at radius 1 is 1.13 bits per heavy atom. The molecule has 1 nitrogen and oxygen atoms in total. The number of hydrogen-bond acceptors (Lipinski definition) is 1. The molecule has 1 rings (SSSR count). The lowest BCUT2D eigenvalue weighted by atomic mass is 9.80. The SMILES string of the molecule is CCCC(CCC1CCC(C)CC1)NC. The quantitative estimate of drug-likeness (QED) is 0.700. The Labute approximate surface area is 96.0 Å². The van der Waals surface area contributed by atoms with Crippen LogP contribution in [0.1, 0.15) is 65.2 Å². The molecule has 1 atom stereocenters. The maximum absolute atomic E-state index is 3.45. The Bertz CT molecular complexity index is 147. The summed E-state index contributed by atoms with van der Waals surface area (Å²) in [6.07, 6.45) is 11.4. The fraction of sp³-hybridized carbons (Fsp3) is 1.00. The van der Waals surface area contributed by atoms with Crippen LogP contribution < -0.4 is 5.32 Å². The number of rotatable bonds is 6. The van der Waals surface area contributed by atoms with Crippen molar-refractivity contribution in [3.63, 3.8) is 0 Å². The summed E-state index contributed by atoms with van der Waals surface area (Å²) in [6.45, 7) is 4.69. The second-order valence-electron chi connectivity index (χ2n) is 5.48. The van der Waals surface area contributed by atoms with E-state index in [2.05, 4.69) is 26.2 Å². The lowest BCUT2D eigenvalue weighted by Crippen LogP contribution is -2.26. The summed E-state index contributed by atoms with van der Waals surface area (Å²) in [6, 6.07) is 0.773. The summed E-state index contributed by atoms with van der Waals surface area (Å²) in [7, 11) is 2.11. The van der Waals surface area contributed by atoms with E-state index in [4.69, 9.17) is 0 Å². The van der Waals surface area contributed by atoms with Gasteiger partial charge in [0.15, 0.2) is 0 Å². The first-order valence-corrected chi connectivity index (χ1v) is 6.93. The van der Waals surface area contributed by atoms with Gasteiger partial charge in [0.05, 0.1) is 0 Å². The Hall–Kier alpha value is -0.0400.